The van der Waals surface area contributed by atoms with Crippen LogP contribution in [0.2, 0.25) is 0 Å². The Hall–Kier alpha value is 0.110. The number of hydrogen-bond donors (Lipinski definition) is 1. The maximum Gasteiger partial charge on any atom is 0.197 e. The van der Waals surface area contributed by atoms with Gasteiger partial charge in [0.2, 0.25) is 0 Å². The van der Waals surface area contributed by atoms with E-state index in [-0.39, 0.29) is 20.0 Å². The van der Waals surface area contributed by atoms with Crippen LogP contribution in [0.3, 0.4) is 0 Å². The lowest BCUT2D eigenvalue weighted by Crippen LogP contribution is -2.02. The summed E-state index contributed by atoms with van der Waals surface area (Å²) in [4.78, 5) is 0. The van der Waals surface area contributed by atoms with E-state index in [1.165, 1.54) is 13.3 Å². The largest absolute Gasteiger partial charge is 0.371 e. The van der Waals surface area contributed by atoms with Crippen LogP contribution in [0.1, 0.15) is 0 Å². The van der Waals surface area contributed by atoms with Gasteiger partial charge in [0.05, 0.1) is 13.2 Å². The van der Waals surface area contributed by atoms with E-state index in [9.17, 15) is 4.57 Å². The van der Waals surface area contributed by atoms with Gasteiger partial charge in [0, 0.05) is 13.3 Å². The first-order chi connectivity index (χ1) is 4.56. The first kappa shape index (κ1) is 10.1. The van der Waals surface area contributed by atoms with Crippen LogP contribution in [-0.4, -0.2) is 38.4 Å². The molecule has 5 heteroatoms. The average molecular weight is 168 g/mol. The Morgan fingerprint density at radius 1 is 1.40 bits per heavy atom. The first-order valence-electron chi connectivity index (χ1n) is 2.94. The highest BCUT2D eigenvalue weighted by Crippen LogP contribution is 2.36. The van der Waals surface area contributed by atoms with Crippen molar-refractivity contribution < 1.29 is 18.9 Å². The van der Waals surface area contributed by atoms with Crippen molar-refractivity contribution in [1.82, 2.24) is 0 Å². The average Bonchev–Trinajstić information content (AvgIpc) is 1.78. The van der Waals surface area contributed by atoms with Crippen molar-refractivity contribution >= 4 is 7.37 Å². The van der Waals surface area contributed by atoms with Crippen molar-refractivity contribution in [2.24, 2.45) is 0 Å². The molecule has 0 aromatic rings. The van der Waals surface area contributed by atoms with Crippen molar-refractivity contribution in [3.05, 3.63) is 0 Å². The summed E-state index contributed by atoms with van der Waals surface area (Å²) in [5, 5.41) is 8.15. The van der Waals surface area contributed by atoms with E-state index in [4.69, 9.17) is 9.63 Å². The molecular weight excluding hydrogens is 155 g/mol. The zero-order valence-corrected chi connectivity index (χ0v) is 7.13. The van der Waals surface area contributed by atoms with Gasteiger partial charge in [-0.25, -0.2) is 0 Å². The minimum atomic E-state index is -2.37. The molecule has 0 aliphatic carbocycles. The fourth-order valence-electron chi connectivity index (χ4n) is 0.381. The Balaban J connectivity index is 3.13. The zero-order valence-electron chi connectivity index (χ0n) is 6.24. The second kappa shape index (κ2) is 4.85. The SMILES string of the molecule is CP(C)(=O)OCCOCO. The van der Waals surface area contributed by atoms with E-state index in [0.29, 0.717) is 0 Å². The van der Waals surface area contributed by atoms with Crippen LogP contribution in [0, 0.1) is 0 Å². The van der Waals surface area contributed by atoms with E-state index < -0.39 is 7.37 Å². The maximum absolute atomic E-state index is 10.8. The molecule has 0 aromatic heterocycles. The molecule has 0 amide bonds. The molecule has 4 nitrogen and oxygen atoms in total. The summed E-state index contributed by atoms with van der Waals surface area (Å²) in [5.74, 6) is 0. The lowest BCUT2D eigenvalue weighted by Gasteiger charge is -2.06. The van der Waals surface area contributed by atoms with E-state index >= 15 is 0 Å². The van der Waals surface area contributed by atoms with E-state index in [1.807, 2.05) is 0 Å². The topological polar surface area (TPSA) is 55.8 Å². The first-order valence-corrected chi connectivity index (χ1v) is 5.46. The summed E-state index contributed by atoms with van der Waals surface area (Å²) in [6.45, 7) is 3.30. The minimum Gasteiger partial charge on any atom is -0.371 e. The molecule has 0 spiro atoms. The van der Waals surface area contributed by atoms with Gasteiger partial charge in [-0.05, 0) is 0 Å². The molecule has 0 aliphatic rings. The van der Waals surface area contributed by atoms with Gasteiger partial charge in [-0.15, -0.1) is 0 Å². The van der Waals surface area contributed by atoms with E-state index in [0.717, 1.165) is 0 Å². The Labute approximate surface area is 60.6 Å². The second-order valence-corrected chi connectivity index (χ2v) is 4.88. The van der Waals surface area contributed by atoms with Gasteiger partial charge in [0.15, 0.2) is 7.37 Å². The van der Waals surface area contributed by atoms with Gasteiger partial charge in [0.25, 0.3) is 0 Å². The Bertz CT molecular complexity index is 119. The smallest absolute Gasteiger partial charge is 0.197 e. The van der Waals surface area contributed by atoms with Crippen LogP contribution in [0.5, 0.6) is 0 Å². The molecule has 0 atom stereocenters. The molecule has 0 aromatic carbocycles. The third-order valence-electron chi connectivity index (χ3n) is 0.721. The minimum absolute atomic E-state index is 0.269. The number of ether oxygens (including phenoxy) is 1. The van der Waals surface area contributed by atoms with Crippen LogP contribution >= 0.6 is 7.37 Å². The molecule has 0 bridgehead atoms. The molecule has 0 fully saturated rings. The maximum atomic E-state index is 10.8. The fraction of sp³-hybridized carbons (Fsp3) is 1.00. The summed E-state index contributed by atoms with van der Waals surface area (Å²) < 4.78 is 20.2. The molecule has 10 heavy (non-hydrogen) atoms. The predicted octanol–water partition coefficient (Wildman–Crippen LogP) is 0.507. The number of hydrogen-bond acceptors (Lipinski definition) is 4. The number of rotatable bonds is 5. The Morgan fingerprint density at radius 2 is 2.00 bits per heavy atom. The van der Waals surface area contributed by atoms with Crippen LogP contribution in [0.25, 0.3) is 0 Å². The number of aliphatic hydroxyl groups is 1. The summed E-state index contributed by atoms with van der Waals surface area (Å²) in [6, 6.07) is 0. The van der Waals surface area contributed by atoms with Gasteiger partial charge in [0.1, 0.15) is 6.79 Å². The quantitative estimate of drug-likeness (QED) is 0.369. The molecular formula is C5H13O4P. The van der Waals surface area contributed by atoms with Crippen molar-refractivity contribution in [1.29, 1.82) is 0 Å². The van der Waals surface area contributed by atoms with Crippen LogP contribution in [0.15, 0.2) is 0 Å². The highest BCUT2D eigenvalue weighted by atomic mass is 31.2. The molecule has 62 valence electrons. The summed E-state index contributed by atoms with van der Waals surface area (Å²) in [6.07, 6.45) is 0. The highest BCUT2D eigenvalue weighted by molar-refractivity contribution is 7.57. The molecule has 0 saturated heterocycles. The van der Waals surface area contributed by atoms with Gasteiger partial charge < -0.3 is 14.4 Å². The van der Waals surface area contributed by atoms with Crippen molar-refractivity contribution in [3.63, 3.8) is 0 Å². The lowest BCUT2D eigenvalue weighted by molar-refractivity contribution is -0.0122. The highest BCUT2D eigenvalue weighted by Gasteiger charge is 2.04. The van der Waals surface area contributed by atoms with Crippen LogP contribution in [-0.2, 0) is 13.8 Å². The van der Waals surface area contributed by atoms with Crippen molar-refractivity contribution in [2.75, 3.05) is 33.3 Å². The molecule has 1 N–H and O–H groups in total. The molecule has 0 saturated carbocycles. The van der Waals surface area contributed by atoms with Crippen LogP contribution < -0.4 is 0 Å². The summed E-state index contributed by atoms with van der Waals surface area (Å²) in [7, 11) is -2.37. The van der Waals surface area contributed by atoms with Crippen LogP contribution in [0.4, 0.5) is 0 Å². The van der Waals surface area contributed by atoms with Gasteiger partial charge in [-0.1, -0.05) is 0 Å². The van der Waals surface area contributed by atoms with Crippen molar-refractivity contribution in [3.8, 4) is 0 Å². The lowest BCUT2D eigenvalue weighted by atomic mass is 10.8. The Kier molecular flexibility index (Phi) is 4.91. The predicted molar refractivity (Wildman–Crippen MR) is 38.4 cm³/mol. The zero-order chi connectivity index (χ0) is 8.04. The van der Waals surface area contributed by atoms with Crippen molar-refractivity contribution in [2.45, 2.75) is 0 Å². The molecule has 0 unspecified atom stereocenters. The molecule has 0 radical (unpaired) electrons. The third-order valence-corrected chi connectivity index (χ3v) is 1.53. The molecule has 0 heterocycles. The Morgan fingerprint density at radius 3 is 2.40 bits per heavy atom. The summed E-state index contributed by atoms with van der Waals surface area (Å²) >= 11 is 0. The molecule has 0 aliphatic heterocycles. The number of aliphatic hydroxyl groups excluding tert-OH is 1. The normalized spacial score (nSPS) is 11.9. The monoisotopic (exact) mass is 168 g/mol. The van der Waals surface area contributed by atoms with Gasteiger partial charge in [-0.3, -0.25) is 4.57 Å². The third kappa shape index (κ3) is 8.11. The van der Waals surface area contributed by atoms with Gasteiger partial charge in [-0.2, -0.15) is 0 Å². The van der Waals surface area contributed by atoms with E-state index in [2.05, 4.69) is 4.74 Å². The van der Waals surface area contributed by atoms with E-state index in [1.54, 1.807) is 0 Å². The van der Waals surface area contributed by atoms with Gasteiger partial charge >= 0.3 is 0 Å². The standard InChI is InChI=1S/C5H13O4P/c1-10(2,7)9-4-3-8-5-6/h6H,3-5H2,1-2H3. The fourth-order valence-corrected chi connectivity index (χ4v) is 0.895. The summed E-state index contributed by atoms with van der Waals surface area (Å²) in [5.41, 5.74) is 0. The second-order valence-electron chi connectivity index (χ2n) is 2.12. The molecule has 0 rings (SSSR count).